The molecule has 0 aromatic carbocycles. The molecule has 0 radical (unpaired) electrons. The molecule has 6 nitrogen and oxygen atoms in total. The highest BCUT2D eigenvalue weighted by Gasteiger charge is 2.34. The average Bonchev–Trinajstić information content (AvgIpc) is 2.65. The smallest absolute Gasteiger partial charge is 0.306 e. The second-order valence-corrected chi connectivity index (χ2v) is 4.18. The van der Waals surface area contributed by atoms with Gasteiger partial charge in [-0.15, -0.1) is 0 Å². The largest absolute Gasteiger partial charge is 0.481 e. The van der Waals surface area contributed by atoms with Crippen molar-refractivity contribution in [1.29, 1.82) is 0 Å². The molecule has 1 aliphatic rings. The van der Waals surface area contributed by atoms with Crippen molar-refractivity contribution in [3.63, 3.8) is 0 Å². The van der Waals surface area contributed by atoms with Crippen molar-refractivity contribution in [1.82, 2.24) is 5.32 Å². The maximum Gasteiger partial charge on any atom is 0.306 e. The van der Waals surface area contributed by atoms with Crippen LogP contribution >= 0.6 is 0 Å². The number of aliphatic carboxylic acids is 1. The molecule has 3 atom stereocenters. The summed E-state index contributed by atoms with van der Waals surface area (Å²) in [6.45, 7) is 1.50. The van der Waals surface area contributed by atoms with Crippen LogP contribution in [0.3, 0.4) is 0 Å². The third-order valence-corrected chi connectivity index (χ3v) is 2.94. The summed E-state index contributed by atoms with van der Waals surface area (Å²) in [5.74, 6) is -2.50. The molecule has 2 amide bonds. The molecule has 0 heterocycles. The molecule has 0 aromatic heterocycles. The van der Waals surface area contributed by atoms with Crippen LogP contribution in [0.2, 0.25) is 0 Å². The van der Waals surface area contributed by atoms with Gasteiger partial charge in [-0.05, 0) is 26.2 Å². The first kappa shape index (κ1) is 12.5. The lowest BCUT2D eigenvalue weighted by molar-refractivity contribution is -0.141. The molecule has 0 bridgehead atoms. The Morgan fingerprint density at radius 2 is 1.88 bits per heavy atom. The molecular formula is C10H16N2O4. The number of carboxylic acid groups (broad SMARTS) is 1. The second kappa shape index (κ2) is 4.96. The lowest BCUT2D eigenvalue weighted by atomic mass is 10.0. The number of nitrogens with two attached hydrogens (primary N) is 1. The minimum atomic E-state index is -0.863. The summed E-state index contributed by atoms with van der Waals surface area (Å²) in [7, 11) is 0. The number of carbonyl (C=O) groups is 3. The second-order valence-electron chi connectivity index (χ2n) is 4.18. The minimum Gasteiger partial charge on any atom is -0.481 e. The van der Waals surface area contributed by atoms with Crippen molar-refractivity contribution < 1.29 is 19.5 Å². The zero-order valence-corrected chi connectivity index (χ0v) is 9.10. The van der Waals surface area contributed by atoms with Gasteiger partial charge in [-0.1, -0.05) is 0 Å². The maximum atomic E-state index is 11.6. The fourth-order valence-electron chi connectivity index (χ4n) is 1.85. The predicted octanol–water partition coefficient (Wildman–Crippen LogP) is -0.523. The standard InChI is InChI=1S/C10H16N2O4/c1-5(8(11)13)12-9(14)6-2-3-7(4-6)10(15)16/h5-7H,2-4H2,1H3,(H2,11,13)(H,12,14)(H,15,16)/t5?,6-,7+/m1/s1. The van der Waals surface area contributed by atoms with Crippen LogP contribution in [0, 0.1) is 11.8 Å². The van der Waals surface area contributed by atoms with Gasteiger partial charge in [0.15, 0.2) is 0 Å². The summed E-state index contributed by atoms with van der Waals surface area (Å²) in [5.41, 5.74) is 5.01. The fraction of sp³-hybridized carbons (Fsp3) is 0.700. The number of carboxylic acids is 1. The Morgan fingerprint density at radius 1 is 1.31 bits per heavy atom. The highest BCUT2D eigenvalue weighted by Crippen LogP contribution is 2.31. The lowest BCUT2D eigenvalue weighted by Gasteiger charge is -2.14. The number of hydrogen-bond donors (Lipinski definition) is 3. The van der Waals surface area contributed by atoms with Crippen LogP contribution in [0.25, 0.3) is 0 Å². The van der Waals surface area contributed by atoms with E-state index in [2.05, 4.69) is 5.32 Å². The Hall–Kier alpha value is -1.59. The Balaban J connectivity index is 2.45. The minimum absolute atomic E-state index is 0.282. The van der Waals surface area contributed by atoms with Gasteiger partial charge in [-0.2, -0.15) is 0 Å². The molecule has 1 unspecified atom stereocenters. The van der Waals surface area contributed by atoms with Crippen LogP contribution in [0.4, 0.5) is 0 Å². The predicted molar refractivity (Wildman–Crippen MR) is 55.3 cm³/mol. The van der Waals surface area contributed by atoms with Crippen molar-refractivity contribution in [2.75, 3.05) is 0 Å². The summed E-state index contributed by atoms with van der Waals surface area (Å²) < 4.78 is 0. The number of hydrogen-bond acceptors (Lipinski definition) is 3. The molecule has 1 saturated carbocycles. The third kappa shape index (κ3) is 2.95. The monoisotopic (exact) mass is 228 g/mol. The molecule has 6 heteroatoms. The van der Waals surface area contributed by atoms with Crippen molar-refractivity contribution >= 4 is 17.8 Å². The highest BCUT2D eigenvalue weighted by molar-refractivity contribution is 5.87. The van der Waals surface area contributed by atoms with Crippen LogP contribution in [0.5, 0.6) is 0 Å². The average molecular weight is 228 g/mol. The van der Waals surface area contributed by atoms with Crippen molar-refractivity contribution in [2.24, 2.45) is 17.6 Å². The molecule has 1 aliphatic carbocycles. The van der Waals surface area contributed by atoms with E-state index >= 15 is 0 Å². The fourth-order valence-corrected chi connectivity index (χ4v) is 1.85. The Morgan fingerprint density at radius 3 is 2.31 bits per heavy atom. The molecule has 90 valence electrons. The third-order valence-electron chi connectivity index (χ3n) is 2.94. The van der Waals surface area contributed by atoms with Crippen molar-refractivity contribution in [2.45, 2.75) is 32.2 Å². The van der Waals surface area contributed by atoms with E-state index < -0.39 is 23.8 Å². The van der Waals surface area contributed by atoms with E-state index in [1.807, 2.05) is 0 Å². The molecule has 16 heavy (non-hydrogen) atoms. The van der Waals surface area contributed by atoms with E-state index in [1.165, 1.54) is 6.92 Å². The van der Waals surface area contributed by atoms with Crippen LogP contribution in [-0.2, 0) is 14.4 Å². The van der Waals surface area contributed by atoms with Gasteiger partial charge in [0.1, 0.15) is 6.04 Å². The SMILES string of the molecule is CC(NC(=O)[C@@H]1CC[C@H](C(=O)O)C1)C(N)=O. The number of nitrogens with one attached hydrogen (secondary N) is 1. The van der Waals surface area contributed by atoms with E-state index in [0.717, 1.165) is 0 Å². The lowest BCUT2D eigenvalue weighted by Crippen LogP contribution is -2.44. The van der Waals surface area contributed by atoms with Crippen molar-refractivity contribution in [3.8, 4) is 0 Å². The summed E-state index contributed by atoms with van der Waals surface area (Å²) in [4.78, 5) is 33.0. The summed E-state index contributed by atoms with van der Waals surface area (Å²) in [6, 6.07) is -0.712. The van der Waals surface area contributed by atoms with Crippen LogP contribution in [0.15, 0.2) is 0 Å². The van der Waals surface area contributed by atoms with E-state index in [1.54, 1.807) is 0 Å². The number of amides is 2. The topological polar surface area (TPSA) is 109 Å². The summed E-state index contributed by atoms with van der Waals surface area (Å²) in [5, 5.41) is 11.3. The molecular weight excluding hydrogens is 212 g/mol. The Kier molecular flexibility index (Phi) is 3.87. The maximum absolute atomic E-state index is 11.6. The number of carbonyl (C=O) groups excluding carboxylic acids is 2. The molecule has 0 aliphatic heterocycles. The van der Waals surface area contributed by atoms with Crippen LogP contribution < -0.4 is 11.1 Å². The molecule has 1 fully saturated rings. The van der Waals surface area contributed by atoms with Gasteiger partial charge in [-0.3, -0.25) is 14.4 Å². The zero-order valence-electron chi connectivity index (χ0n) is 9.10. The van der Waals surface area contributed by atoms with E-state index in [0.29, 0.717) is 19.3 Å². The van der Waals surface area contributed by atoms with E-state index in [4.69, 9.17) is 10.8 Å². The van der Waals surface area contributed by atoms with Crippen LogP contribution in [0.1, 0.15) is 26.2 Å². The first-order valence-corrected chi connectivity index (χ1v) is 5.24. The normalized spacial score (nSPS) is 26.1. The molecule has 1 rings (SSSR count). The first-order chi connectivity index (χ1) is 7.41. The van der Waals surface area contributed by atoms with Crippen LogP contribution in [-0.4, -0.2) is 28.9 Å². The van der Waals surface area contributed by atoms with Gasteiger partial charge >= 0.3 is 5.97 Å². The number of primary amides is 1. The molecule has 4 N–H and O–H groups in total. The van der Waals surface area contributed by atoms with Gasteiger partial charge in [0.05, 0.1) is 5.92 Å². The van der Waals surface area contributed by atoms with E-state index in [9.17, 15) is 14.4 Å². The van der Waals surface area contributed by atoms with Crippen molar-refractivity contribution in [3.05, 3.63) is 0 Å². The summed E-state index contributed by atoms with van der Waals surface area (Å²) in [6.07, 6.45) is 1.40. The van der Waals surface area contributed by atoms with Gasteiger partial charge in [0, 0.05) is 5.92 Å². The van der Waals surface area contributed by atoms with Gasteiger partial charge in [-0.25, -0.2) is 0 Å². The Bertz CT molecular complexity index is 316. The Labute approximate surface area is 93.2 Å². The molecule has 0 aromatic rings. The molecule has 0 spiro atoms. The zero-order chi connectivity index (χ0) is 12.3. The van der Waals surface area contributed by atoms with E-state index in [-0.39, 0.29) is 11.8 Å². The van der Waals surface area contributed by atoms with Gasteiger partial charge < -0.3 is 16.2 Å². The highest BCUT2D eigenvalue weighted by atomic mass is 16.4. The van der Waals surface area contributed by atoms with Gasteiger partial charge in [0.2, 0.25) is 11.8 Å². The summed E-state index contributed by atoms with van der Waals surface area (Å²) >= 11 is 0. The first-order valence-electron chi connectivity index (χ1n) is 5.24. The molecule has 0 saturated heterocycles. The quantitative estimate of drug-likeness (QED) is 0.601. The van der Waals surface area contributed by atoms with Gasteiger partial charge in [0.25, 0.3) is 0 Å². The number of rotatable bonds is 4.